The van der Waals surface area contributed by atoms with Crippen LogP contribution in [0.2, 0.25) is 0 Å². The van der Waals surface area contributed by atoms with Crippen LogP contribution in [-0.4, -0.2) is 55.1 Å². The highest BCUT2D eigenvalue weighted by atomic mass is 32.2. The molecule has 2 heterocycles. The maximum atomic E-state index is 13.1. The molecule has 0 spiro atoms. The van der Waals surface area contributed by atoms with Crippen LogP contribution in [0, 0.1) is 0 Å². The van der Waals surface area contributed by atoms with Crippen LogP contribution in [0.15, 0.2) is 58.7 Å². The van der Waals surface area contributed by atoms with Gasteiger partial charge < -0.3 is 24.4 Å². The number of nitrogens with zero attached hydrogens (tertiary/aromatic N) is 2. The molecular weight excluding hydrogens is 466 g/mol. The monoisotopic (exact) mass is 495 g/mol. The van der Waals surface area contributed by atoms with Gasteiger partial charge in [-0.2, -0.15) is 0 Å². The van der Waals surface area contributed by atoms with Gasteiger partial charge in [0.15, 0.2) is 5.17 Å². The summed E-state index contributed by atoms with van der Waals surface area (Å²) in [5.41, 5.74) is 3.06. The number of amides is 1. The number of allylic oxidation sites excluding steroid dienone is 1. The third-order valence-corrected chi connectivity index (χ3v) is 6.94. The second-order valence-electron chi connectivity index (χ2n) is 8.06. The Morgan fingerprint density at radius 2 is 2.00 bits per heavy atom. The van der Waals surface area contributed by atoms with Gasteiger partial charge in [-0.1, -0.05) is 23.9 Å². The zero-order valence-electron chi connectivity index (χ0n) is 20.3. The summed E-state index contributed by atoms with van der Waals surface area (Å²) >= 11 is 1.69. The summed E-state index contributed by atoms with van der Waals surface area (Å²) in [7, 11) is 3.07. The number of thioether (sulfide) groups is 1. The van der Waals surface area contributed by atoms with Crippen LogP contribution in [0.4, 0.5) is 5.69 Å². The number of nitrogens with one attached hydrogen (secondary N) is 1. The molecule has 2 aliphatic rings. The number of aliphatic imine (C=N–C) groups is 1. The van der Waals surface area contributed by atoms with Gasteiger partial charge in [0.05, 0.1) is 43.7 Å². The molecule has 1 amide bonds. The van der Waals surface area contributed by atoms with Crippen molar-refractivity contribution in [2.45, 2.75) is 26.3 Å². The van der Waals surface area contributed by atoms with Gasteiger partial charge in [0, 0.05) is 24.1 Å². The van der Waals surface area contributed by atoms with Crippen LogP contribution in [0.3, 0.4) is 0 Å². The maximum Gasteiger partial charge on any atom is 0.338 e. The average Bonchev–Trinajstić information content (AvgIpc) is 2.87. The van der Waals surface area contributed by atoms with E-state index in [1.54, 1.807) is 44.0 Å². The van der Waals surface area contributed by atoms with Crippen molar-refractivity contribution in [3.8, 4) is 11.5 Å². The van der Waals surface area contributed by atoms with E-state index in [2.05, 4.69) is 10.2 Å². The Morgan fingerprint density at radius 1 is 1.17 bits per heavy atom. The quantitative estimate of drug-likeness (QED) is 0.560. The van der Waals surface area contributed by atoms with E-state index >= 15 is 0 Å². The predicted molar refractivity (Wildman–Crippen MR) is 137 cm³/mol. The number of carbonyl (C=O) groups excluding carboxylic acids is 2. The van der Waals surface area contributed by atoms with Crippen LogP contribution < -0.4 is 14.8 Å². The molecule has 0 radical (unpaired) electrons. The van der Waals surface area contributed by atoms with Crippen molar-refractivity contribution < 1.29 is 23.8 Å². The summed E-state index contributed by atoms with van der Waals surface area (Å²) in [5.74, 6) is 1.33. The van der Waals surface area contributed by atoms with Gasteiger partial charge in [-0.25, -0.2) is 9.79 Å². The Hall–Kier alpha value is -3.46. The first kappa shape index (κ1) is 24.7. The molecule has 9 heteroatoms. The SMILES string of the molecule is CCOC(=O)C1=C(C)N=C2SCCCN2C1c1cccc(NC(=O)c2ccc(OC)cc2OC)c1. The van der Waals surface area contributed by atoms with Crippen molar-refractivity contribution in [3.05, 3.63) is 64.9 Å². The van der Waals surface area contributed by atoms with Gasteiger partial charge in [0.1, 0.15) is 11.5 Å². The Labute approximate surface area is 209 Å². The number of benzene rings is 2. The van der Waals surface area contributed by atoms with Crippen LogP contribution in [0.5, 0.6) is 11.5 Å². The van der Waals surface area contributed by atoms with Crippen LogP contribution in [0.25, 0.3) is 0 Å². The number of hydrogen-bond donors (Lipinski definition) is 1. The molecule has 184 valence electrons. The molecule has 2 aromatic carbocycles. The average molecular weight is 496 g/mol. The predicted octanol–water partition coefficient (Wildman–Crippen LogP) is 4.64. The number of hydrogen-bond acceptors (Lipinski definition) is 8. The Kier molecular flexibility index (Phi) is 7.65. The molecule has 1 saturated heterocycles. The number of carbonyl (C=O) groups is 2. The number of amidine groups is 1. The molecule has 0 aliphatic carbocycles. The lowest BCUT2D eigenvalue weighted by atomic mass is 9.94. The number of esters is 1. The third-order valence-electron chi connectivity index (χ3n) is 5.87. The summed E-state index contributed by atoms with van der Waals surface area (Å²) in [6, 6.07) is 12.2. The Balaban J connectivity index is 1.67. The standard InChI is InChI=1S/C26H29N3O5S/c1-5-34-25(31)22-16(2)27-26-29(12-7-13-35-26)23(22)17-8-6-9-18(14-17)28-24(30)20-11-10-19(32-3)15-21(20)33-4/h6,8-11,14-15,23H,5,7,12-13H2,1-4H3,(H,28,30). The minimum atomic E-state index is -0.370. The second-order valence-corrected chi connectivity index (χ2v) is 9.12. The van der Waals surface area contributed by atoms with Crippen molar-refractivity contribution in [3.63, 3.8) is 0 Å². The molecule has 35 heavy (non-hydrogen) atoms. The van der Waals surface area contributed by atoms with E-state index in [0.29, 0.717) is 34.0 Å². The van der Waals surface area contributed by atoms with E-state index in [1.165, 1.54) is 7.11 Å². The molecule has 0 saturated carbocycles. The highest BCUT2D eigenvalue weighted by Crippen LogP contribution is 2.40. The fraction of sp³-hybridized carbons (Fsp3) is 0.346. The molecule has 1 atom stereocenters. The van der Waals surface area contributed by atoms with Crippen molar-refractivity contribution >= 4 is 34.5 Å². The highest BCUT2D eigenvalue weighted by Gasteiger charge is 2.38. The van der Waals surface area contributed by atoms with Gasteiger partial charge in [-0.15, -0.1) is 0 Å². The molecule has 0 bridgehead atoms. The third kappa shape index (κ3) is 5.14. The number of ether oxygens (including phenoxy) is 3. The minimum Gasteiger partial charge on any atom is -0.497 e. The lowest BCUT2D eigenvalue weighted by molar-refractivity contribution is -0.139. The molecule has 8 nitrogen and oxygen atoms in total. The molecular formula is C26H29N3O5S. The summed E-state index contributed by atoms with van der Waals surface area (Å²) < 4.78 is 16.0. The van der Waals surface area contributed by atoms with Crippen molar-refractivity contribution in [1.82, 2.24) is 4.90 Å². The molecule has 4 rings (SSSR count). The van der Waals surface area contributed by atoms with Crippen LogP contribution in [-0.2, 0) is 9.53 Å². The molecule has 1 N–H and O–H groups in total. The highest BCUT2D eigenvalue weighted by molar-refractivity contribution is 8.13. The summed E-state index contributed by atoms with van der Waals surface area (Å²) in [4.78, 5) is 32.9. The number of rotatable bonds is 7. The Morgan fingerprint density at radius 3 is 2.74 bits per heavy atom. The van der Waals surface area contributed by atoms with Gasteiger partial charge in [0.25, 0.3) is 5.91 Å². The normalized spacial score (nSPS) is 17.3. The van der Waals surface area contributed by atoms with Crippen molar-refractivity contribution in [2.24, 2.45) is 4.99 Å². The lowest BCUT2D eigenvalue weighted by Crippen LogP contribution is -2.42. The zero-order chi connectivity index (χ0) is 24.9. The molecule has 2 aliphatic heterocycles. The van der Waals surface area contributed by atoms with E-state index in [1.807, 2.05) is 31.2 Å². The molecule has 2 aromatic rings. The summed E-state index contributed by atoms with van der Waals surface area (Å²) in [5, 5.41) is 3.86. The molecule has 0 aromatic heterocycles. The van der Waals surface area contributed by atoms with E-state index in [0.717, 1.165) is 29.4 Å². The van der Waals surface area contributed by atoms with Crippen LogP contribution in [0.1, 0.15) is 42.2 Å². The van der Waals surface area contributed by atoms with Gasteiger partial charge in [-0.05, 0) is 50.1 Å². The first-order valence-electron chi connectivity index (χ1n) is 11.5. The largest absolute Gasteiger partial charge is 0.497 e. The van der Waals surface area contributed by atoms with Gasteiger partial charge in [-0.3, -0.25) is 4.79 Å². The summed E-state index contributed by atoms with van der Waals surface area (Å²) in [6.07, 6.45) is 0.989. The van der Waals surface area contributed by atoms with E-state index < -0.39 is 0 Å². The number of anilines is 1. The van der Waals surface area contributed by atoms with Gasteiger partial charge in [0.2, 0.25) is 0 Å². The van der Waals surface area contributed by atoms with E-state index in [9.17, 15) is 9.59 Å². The lowest BCUT2D eigenvalue weighted by Gasteiger charge is -2.40. The smallest absolute Gasteiger partial charge is 0.338 e. The van der Waals surface area contributed by atoms with E-state index in [-0.39, 0.29) is 24.5 Å². The second kappa shape index (κ2) is 10.9. The van der Waals surface area contributed by atoms with Crippen molar-refractivity contribution in [1.29, 1.82) is 0 Å². The number of methoxy groups -OCH3 is 2. The first-order chi connectivity index (χ1) is 17.0. The van der Waals surface area contributed by atoms with Crippen molar-refractivity contribution in [2.75, 3.05) is 38.4 Å². The van der Waals surface area contributed by atoms with Gasteiger partial charge >= 0.3 is 5.97 Å². The topological polar surface area (TPSA) is 89.5 Å². The molecule has 1 fully saturated rings. The molecule has 1 unspecified atom stereocenters. The fourth-order valence-corrected chi connectivity index (χ4v) is 5.28. The van der Waals surface area contributed by atoms with Crippen LogP contribution >= 0.6 is 11.8 Å². The minimum absolute atomic E-state index is 0.285. The number of fused-ring (bicyclic) bond motifs is 1. The Bertz CT molecular complexity index is 1190. The fourth-order valence-electron chi connectivity index (χ4n) is 4.26. The summed E-state index contributed by atoms with van der Waals surface area (Å²) in [6.45, 7) is 4.71. The zero-order valence-corrected chi connectivity index (χ0v) is 21.1. The van der Waals surface area contributed by atoms with E-state index in [4.69, 9.17) is 19.2 Å². The first-order valence-corrected chi connectivity index (χ1v) is 12.4. The maximum absolute atomic E-state index is 13.1.